The maximum atomic E-state index is 12.6. The molecule has 4 nitrogen and oxygen atoms in total. The zero-order chi connectivity index (χ0) is 20.0. The van der Waals surface area contributed by atoms with Gasteiger partial charge >= 0.3 is 11.9 Å². The number of carbonyl (C=O) groups is 2. The molecule has 1 atom stereocenters. The van der Waals surface area contributed by atoms with Crippen molar-refractivity contribution >= 4 is 11.9 Å². The van der Waals surface area contributed by atoms with Crippen molar-refractivity contribution in [1.29, 1.82) is 0 Å². The summed E-state index contributed by atoms with van der Waals surface area (Å²) in [5.74, 6) is -0.380. The van der Waals surface area contributed by atoms with Crippen LogP contribution in [0.2, 0.25) is 0 Å². The Kier molecular flexibility index (Phi) is 7.69. The molecule has 0 bridgehead atoms. The highest BCUT2D eigenvalue weighted by Gasteiger charge is 2.55. The van der Waals surface area contributed by atoms with Crippen LogP contribution in [0.4, 0.5) is 0 Å². The molecule has 0 saturated heterocycles. The maximum Gasteiger partial charge on any atom is 0.323 e. The van der Waals surface area contributed by atoms with Crippen molar-refractivity contribution in [3.63, 3.8) is 0 Å². The molecular weight excluding hydrogens is 340 g/mol. The van der Waals surface area contributed by atoms with Gasteiger partial charge in [-0.1, -0.05) is 57.6 Å². The number of carbonyl (C=O) groups excluding carboxylic acids is 2. The van der Waals surface area contributed by atoms with Gasteiger partial charge in [0.1, 0.15) is 0 Å². The van der Waals surface area contributed by atoms with E-state index in [0.29, 0.717) is 18.8 Å². The van der Waals surface area contributed by atoms with Crippen molar-refractivity contribution in [2.75, 3.05) is 14.2 Å². The van der Waals surface area contributed by atoms with Crippen molar-refractivity contribution in [1.82, 2.24) is 0 Å². The summed E-state index contributed by atoms with van der Waals surface area (Å²) in [6, 6.07) is 0. The van der Waals surface area contributed by atoms with Crippen molar-refractivity contribution in [3.05, 3.63) is 22.3 Å². The predicted octanol–water partition coefficient (Wildman–Crippen LogP) is 5.52. The van der Waals surface area contributed by atoms with Crippen LogP contribution < -0.4 is 0 Å². The summed E-state index contributed by atoms with van der Waals surface area (Å²) < 4.78 is 10.1. The molecule has 27 heavy (non-hydrogen) atoms. The van der Waals surface area contributed by atoms with Crippen molar-refractivity contribution in [2.45, 2.75) is 85.0 Å². The highest BCUT2D eigenvalue weighted by atomic mass is 16.5. The van der Waals surface area contributed by atoms with E-state index in [2.05, 4.69) is 20.8 Å². The first-order valence-electron chi connectivity index (χ1n) is 10.6. The molecular formula is C23H36O4. The lowest BCUT2D eigenvalue weighted by molar-refractivity contribution is -0.168. The van der Waals surface area contributed by atoms with Gasteiger partial charge in [0.15, 0.2) is 5.41 Å². The topological polar surface area (TPSA) is 52.6 Å². The Bertz CT molecular complexity index is 610. The summed E-state index contributed by atoms with van der Waals surface area (Å²) in [7, 11) is 2.71. The molecule has 0 heterocycles. The first-order valence-corrected chi connectivity index (χ1v) is 10.6. The first kappa shape index (κ1) is 21.7. The van der Waals surface area contributed by atoms with Gasteiger partial charge in [0.25, 0.3) is 0 Å². The van der Waals surface area contributed by atoms with Gasteiger partial charge in [0.05, 0.1) is 14.2 Å². The highest BCUT2D eigenvalue weighted by Crippen LogP contribution is 2.54. The summed E-state index contributed by atoms with van der Waals surface area (Å²) in [6.45, 7) is 6.62. The lowest BCUT2D eigenvalue weighted by atomic mass is 9.75. The number of allylic oxidation sites excluding steroid dienone is 4. The Labute approximate surface area is 164 Å². The quantitative estimate of drug-likeness (QED) is 0.302. The van der Waals surface area contributed by atoms with Gasteiger partial charge in [-0.2, -0.15) is 0 Å². The predicted molar refractivity (Wildman–Crippen MR) is 107 cm³/mol. The molecule has 0 N–H and O–H groups in total. The number of rotatable bonds is 9. The third kappa shape index (κ3) is 4.14. The van der Waals surface area contributed by atoms with Gasteiger partial charge in [-0.15, -0.1) is 0 Å². The average Bonchev–Trinajstić information content (AvgIpc) is 3.10. The number of hydrogen-bond acceptors (Lipinski definition) is 4. The largest absolute Gasteiger partial charge is 0.468 e. The van der Waals surface area contributed by atoms with E-state index in [-0.39, 0.29) is 0 Å². The molecule has 0 spiro atoms. The van der Waals surface area contributed by atoms with Gasteiger partial charge in [-0.05, 0) is 55.6 Å². The van der Waals surface area contributed by atoms with Crippen LogP contribution in [-0.4, -0.2) is 26.2 Å². The van der Waals surface area contributed by atoms with Crippen molar-refractivity contribution in [3.8, 4) is 0 Å². The summed E-state index contributed by atoms with van der Waals surface area (Å²) in [6.07, 6.45) is 10.2. The van der Waals surface area contributed by atoms with Crippen LogP contribution in [0.5, 0.6) is 0 Å². The maximum absolute atomic E-state index is 12.6. The van der Waals surface area contributed by atoms with Crippen LogP contribution in [0, 0.1) is 11.3 Å². The molecule has 4 heteroatoms. The Balaban J connectivity index is 2.41. The molecule has 0 aliphatic heterocycles. The summed E-state index contributed by atoms with van der Waals surface area (Å²) in [5, 5.41) is 0. The lowest BCUT2D eigenvalue weighted by Gasteiger charge is -2.30. The fourth-order valence-electron chi connectivity index (χ4n) is 5.03. The van der Waals surface area contributed by atoms with Crippen LogP contribution in [0.3, 0.4) is 0 Å². The summed E-state index contributed by atoms with van der Waals surface area (Å²) in [4.78, 5) is 25.3. The van der Waals surface area contributed by atoms with E-state index in [1.807, 2.05) is 0 Å². The van der Waals surface area contributed by atoms with E-state index in [1.54, 1.807) is 0 Å². The van der Waals surface area contributed by atoms with Crippen LogP contribution >= 0.6 is 0 Å². The Morgan fingerprint density at radius 3 is 2.07 bits per heavy atom. The number of ether oxygens (including phenoxy) is 2. The lowest BCUT2D eigenvalue weighted by Crippen LogP contribution is -2.38. The molecule has 152 valence electrons. The SMILES string of the molecule is CCCCCCC1CC(CC)=C2CC(C(=O)OC)(C(=O)OC)CC2=C1CC. The second-order valence-electron chi connectivity index (χ2n) is 7.96. The minimum Gasteiger partial charge on any atom is -0.468 e. The number of fused-ring (bicyclic) bond motifs is 1. The second-order valence-corrected chi connectivity index (χ2v) is 7.96. The summed E-state index contributed by atoms with van der Waals surface area (Å²) >= 11 is 0. The Hall–Kier alpha value is -1.58. The highest BCUT2D eigenvalue weighted by molar-refractivity contribution is 6.02. The Morgan fingerprint density at radius 2 is 1.56 bits per heavy atom. The van der Waals surface area contributed by atoms with Gasteiger partial charge < -0.3 is 9.47 Å². The number of esters is 2. The molecule has 1 fully saturated rings. The summed E-state index contributed by atoms with van der Waals surface area (Å²) in [5.41, 5.74) is 4.14. The van der Waals surface area contributed by atoms with E-state index in [0.717, 1.165) is 19.3 Å². The average molecular weight is 377 g/mol. The zero-order valence-electron chi connectivity index (χ0n) is 17.8. The number of hydrogen-bond donors (Lipinski definition) is 0. The normalized spacial score (nSPS) is 21.3. The standard InChI is InChI=1S/C23H36O4/c1-6-9-10-11-12-17-13-16(7-2)19-14-23(21(24)26-4,22(25)27-5)15-20(19)18(17)8-3/h17H,6-15H2,1-5H3. The van der Waals surface area contributed by atoms with Gasteiger partial charge in [0, 0.05) is 0 Å². The fraction of sp³-hybridized carbons (Fsp3) is 0.739. The van der Waals surface area contributed by atoms with Crippen molar-refractivity contribution < 1.29 is 19.1 Å². The minimum absolute atomic E-state index is 0.427. The molecule has 2 rings (SSSR count). The first-order chi connectivity index (χ1) is 13.0. The second kappa shape index (κ2) is 9.57. The van der Waals surface area contributed by atoms with Crippen LogP contribution in [0.1, 0.15) is 85.0 Å². The van der Waals surface area contributed by atoms with Crippen molar-refractivity contribution in [2.24, 2.45) is 11.3 Å². The molecule has 1 saturated carbocycles. The van der Waals surface area contributed by atoms with Crippen LogP contribution in [0.15, 0.2) is 22.3 Å². The van der Waals surface area contributed by atoms with Gasteiger partial charge in [-0.25, -0.2) is 0 Å². The third-order valence-corrected chi connectivity index (χ3v) is 6.49. The molecule has 2 aliphatic rings. The molecule has 0 aromatic carbocycles. The van der Waals surface area contributed by atoms with E-state index < -0.39 is 17.4 Å². The minimum atomic E-state index is -1.20. The monoisotopic (exact) mass is 376 g/mol. The van der Waals surface area contributed by atoms with E-state index in [1.165, 1.54) is 68.6 Å². The molecule has 0 radical (unpaired) electrons. The smallest absolute Gasteiger partial charge is 0.323 e. The number of methoxy groups -OCH3 is 2. The zero-order valence-corrected chi connectivity index (χ0v) is 17.8. The van der Waals surface area contributed by atoms with Gasteiger partial charge in [0.2, 0.25) is 0 Å². The molecule has 2 aliphatic carbocycles. The van der Waals surface area contributed by atoms with Crippen LogP contribution in [0.25, 0.3) is 0 Å². The molecule has 0 aromatic heterocycles. The molecule has 0 aromatic rings. The number of unbranched alkanes of at least 4 members (excludes halogenated alkanes) is 3. The Morgan fingerprint density at radius 1 is 0.926 bits per heavy atom. The van der Waals surface area contributed by atoms with E-state index in [4.69, 9.17) is 9.47 Å². The van der Waals surface area contributed by atoms with E-state index in [9.17, 15) is 9.59 Å². The fourth-order valence-corrected chi connectivity index (χ4v) is 5.03. The van der Waals surface area contributed by atoms with E-state index >= 15 is 0 Å². The molecule has 1 unspecified atom stereocenters. The van der Waals surface area contributed by atoms with Gasteiger partial charge in [-0.3, -0.25) is 9.59 Å². The van der Waals surface area contributed by atoms with Crippen LogP contribution in [-0.2, 0) is 19.1 Å². The third-order valence-electron chi connectivity index (χ3n) is 6.49. The molecule has 0 amide bonds.